The van der Waals surface area contributed by atoms with E-state index in [0.29, 0.717) is 12.5 Å². The highest BCUT2D eigenvalue weighted by atomic mass is 15.3. The van der Waals surface area contributed by atoms with E-state index in [1.54, 1.807) is 0 Å². The van der Waals surface area contributed by atoms with Gasteiger partial charge in [-0.25, -0.2) is 0 Å². The molecule has 0 bridgehead atoms. The van der Waals surface area contributed by atoms with Gasteiger partial charge in [0.15, 0.2) is 0 Å². The third-order valence-corrected chi connectivity index (χ3v) is 3.66. The first kappa shape index (κ1) is 12.6. The maximum Gasteiger partial charge on any atom is 0.0763 e. The molecule has 1 aromatic rings. The summed E-state index contributed by atoms with van der Waals surface area (Å²) >= 11 is 0. The van der Waals surface area contributed by atoms with E-state index in [9.17, 15) is 0 Å². The number of hydrogen-bond acceptors (Lipinski definition) is 2. The molecule has 17 heavy (non-hydrogen) atoms. The van der Waals surface area contributed by atoms with E-state index in [1.165, 1.54) is 37.8 Å². The molecule has 1 fully saturated rings. The monoisotopic (exact) mass is 235 g/mol. The maximum atomic E-state index is 5.73. The normalized spacial score (nSPS) is 18.6. The Morgan fingerprint density at radius 2 is 1.94 bits per heavy atom. The second-order valence-electron chi connectivity index (χ2n) is 6.18. The zero-order valence-electron chi connectivity index (χ0n) is 11.4. The first-order chi connectivity index (χ1) is 8.02. The van der Waals surface area contributed by atoms with Crippen LogP contribution in [0.4, 0.5) is 0 Å². The van der Waals surface area contributed by atoms with Gasteiger partial charge < -0.3 is 5.73 Å². The Kier molecular flexibility index (Phi) is 3.57. The second kappa shape index (κ2) is 4.81. The van der Waals surface area contributed by atoms with Crippen LogP contribution in [0.5, 0.6) is 0 Å². The molecule has 96 valence electrons. The second-order valence-corrected chi connectivity index (χ2v) is 6.18. The van der Waals surface area contributed by atoms with Gasteiger partial charge in [0.2, 0.25) is 0 Å². The zero-order valence-corrected chi connectivity index (χ0v) is 11.4. The van der Waals surface area contributed by atoms with E-state index >= 15 is 0 Å². The average Bonchev–Trinajstić information content (AvgIpc) is 2.74. The zero-order chi connectivity index (χ0) is 12.5. The number of rotatable bonds is 2. The Bertz CT molecular complexity index is 367. The van der Waals surface area contributed by atoms with E-state index in [0.717, 1.165) is 5.69 Å². The Hall–Kier alpha value is -0.830. The summed E-state index contributed by atoms with van der Waals surface area (Å²) < 4.78 is 2.20. The molecule has 1 heterocycles. The van der Waals surface area contributed by atoms with Crippen LogP contribution < -0.4 is 5.73 Å². The predicted molar refractivity (Wildman–Crippen MR) is 70.9 cm³/mol. The highest BCUT2D eigenvalue weighted by Gasteiger charge is 2.25. The van der Waals surface area contributed by atoms with Crippen molar-refractivity contribution < 1.29 is 0 Å². The van der Waals surface area contributed by atoms with Crippen LogP contribution in [-0.2, 0) is 12.1 Å². The van der Waals surface area contributed by atoms with E-state index in [4.69, 9.17) is 5.73 Å². The summed E-state index contributed by atoms with van der Waals surface area (Å²) in [5, 5.41) is 4.67. The topological polar surface area (TPSA) is 43.8 Å². The molecule has 0 radical (unpaired) electrons. The van der Waals surface area contributed by atoms with Gasteiger partial charge in [-0.3, -0.25) is 4.68 Å². The van der Waals surface area contributed by atoms with Gasteiger partial charge in [0, 0.05) is 18.2 Å². The minimum absolute atomic E-state index is 0.0558. The fourth-order valence-electron chi connectivity index (χ4n) is 2.77. The number of nitrogens with two attached hydrogens (primary N) is 1. The molecule has 1 aromatic heterocycles. The molecular formula is C14H25N3. The Morgan fingerprint density at radius 1 is 1.29 bits per heavy atom. The Balaban J connectivity index is 2.33. The lowest BCUT2D eigenvalue weighted by Gasteiger charge is -2.28. The largest absolute Gasteiger partial charge is 0.325 e. The van der Waals surface area contributed by atoms with Crippen molar-refractivity contribution in [3.05, 3.63) is 17.5 Å². The van der Waals surface area contributed by atoms with Crippen molar-refractivity contribution >= 4 is 0 Å². The van der Waals surface area contributed by atoms with Gasteiger partial charge in [0.25, 0.3) is 0 Å². The van der Waals surface area contributed by atoms with Crippen LogP contribution in [0.1, 0.15) is 70.2 Å². The van der Waals surface area contributed by atoms with Gasteiger partial charge in [-0.05, 0) is 39.7 Å². The Labute approximate surface area is 104 Å². The third kappa shape index (κ3) is 2.71. The molecule has 0 unspecified atom stereocenters. The minimum atomic E-state index is 0.0558. The van der Waals surface area contributed by atoms with Crippen LogP contribution in [0.25, 0.3) is 0 Å². The summed E-state index contributed by atoms with van der Waals surface area (Å²) in [5.41, 5.74) is 8.21. The van der Waals surface area contributed by atoms with Gasteiger partial charge in [-0.15, -0.1) is 0 Å². The van der Waals surface area contributed by atoms with Crippen LogP contribution in [0.15, 0.2) is 6.07 Å². The number of hydrogen-bond donors (Lipinski definition) is 1. The lowest BCUT2D eigenvalue weighted by atomic mass is 9.86. The molecule has 3 heteroatoms. The summed E-state index contributed by atoms with van der Waals surface area (Å²) in [6.07, 6.45) is 6.73. The summed E-state index contributed by atoms with van der Waals surface area (Å²) in [5.74, 6) is 0.691. The fourth-order valence-corrected chi connectivity index (χ4v) is 2.77. The number of nitrogens with zero attached hydrogens (tertiary/aromatic N) is 2. The van der Waals surface area contributed by atoms with Crippen LogP contribution in [0.2, 0.25) is 0 Å². The van der Waals surface area contributed by atoms with Crippen LogP contribution in [-0.4, -0.2) is 9.78 Å². The lowest BCUT2D eigenvalue weighted by molar-refractivity contribution is 0.317. The predicted octanol–water partition coefficient (Wildman–Crippen LogP) is 3.14. The van der Waals surface area contributed by atoms with Crippen molar-refractivity contribution in [2.24, 2.45) is 5.73 Å². The molecule has 2 rings (SSSR count). The summed E-state index contributed by atoms with van der Waals surface area (Å²) in [4.78, 5) is 0. The third-order valence-electron chi connectivity index (χ3n) is 3.66. The fraction of sp³-hybridized carbons (Fsp3) is 0.786. The highest BCUT2D eigenvalue weighted by molar-refractivity contribution is 5.17. The molecular weight excluding hydrogens is 210 g/mol. The molecule has 1 saturated carbocycles. The molecule has 0 aromatic carbocycles. The van der Waals surface area contributed by atoms with Gasteiger partial charge in [0.1, 0.15) is 0 Å². The molecule has 0 amide bonds. The molecule has 1 aliphatic rings. The molecule has 0 spiro atoms. The van der Waals surface area contributed by atoms with Crippen molar-refractivity contribution in [3.63, 3.8) is 0 Å². The quantitative estimate of drug-likeness (QED) is 0.855. The highest BCUT2D eigenvalue weighted by Crippen LogP contribution is 2.34. The smallest absolute Gasteiger partial charge is 0.0763 e. The molecule has 0 aliphatic heterocycles. The first-order valence-electron chi connectivity index (χ1n) is 6.82. The maximum absolute atomic E-state index is 5.73. The van der Waals surface area contributed by atoms with Crippen molar-refractivity contribution in [1.82, 2.24) is 9.78 Å². The standard InChI is InChI=1S/C14H25N3/c1-14(2,3)17-13(9-12(10-15)16-17)11-7-5-4-6-8-11/h9,11H,4-8,10,15H2,1-3H3. The van der Waals surface area contributed by atoms with Crippen LogP contribution in [0, 0.1) is 0 Å². The Morgan fingerprint density at radius 3 is 2.47 bits per heavy atom. The van der Waals surface area contributed by atoms with Crippen molar-refractivity contribution in [3.8, 4) is 0 Å². The van der Waals surface area contributed by atoms with Gasteiger partial charge in [0.05, 0.1) is 11.2 Å². The van der Waals surface area contributed by atoms with E-state index in [-0.39, 0.29) is 5.54 Å². The van der Waals surface area contributed by atoms with Gasteiger partial charge in [-0.2, -0.15) is 5.10 Å². The summed E-state index contributed by atoms with van der Waals surface area (Å²) in [7, 11) is 0. The van der Waals surface area contributed by atoms with E-state index < -0.39 is 0 Å². The van der Waals surface area contributed by atoms with Crippen LogP contribution >= 0.6 is 0 Å². The van der Waals surface area contributed by atoms with Gasteiger partial charge in [-0.1, -0.05) is 19.3 Å². The van der Waals surface area contributed by atoms with E-state index in [2.05, 4.69) is 36.6 Å². The van der Waals surface area contributed by atoms with Crippen molar-refractivity contribution in [2.45, 2.75) is 70.9 Å². The molecule has 2 N–H and O–H groups in total. The summed E-state index contributed by atoms with van der Waals surface area (Å²) in [6.45, 7) is 7.19. The minimum Gasteiger partial charge on any atom is -0.325 e. The lowest BCUT2D eigenvalue weighted by Crippen LogP contribution is -2.27. The molecule has 3 nitrogen and oxygen atoms in total. The molecule has 0 saturated heterocycles. The number of aromatic nitrogens is 2. The molecule has 0 atom stereocenters. The SMILES string of the molecule is CC(C)(C)n1nc(CN)cc1C1CCCCC1. The van der Waals surface area contributed by atoms with Crippen LogP contribution in [0.3, 0.4) is 0 Å². The van der Waals surface area contributed by atoms with Crippen molar-refractivity contribution in [2.75, 3.05) is 0 Å². The van der Waals surface area contributed by atoms with Gasteiger partial charge >= 0.3 is 0 Å². The molecule has 1 aliphatic carbocycles. The van der Waals surface area contributed by atoms with E-state index in [1.807, 2.05) is 0 Å². The van der Waals surface area contributed by atoms with Crippen molar-refractivity contribution in [1.29, 1.82) is 0 Å². The first-order valence-corrected chi connectivity index (χ1v) is 6.82. The summed E-state index contributed by atoms with van der Waals surface area (Å²) in [6, 6.07) is 2.22. The average molecular weight is 235 g/mol.